The third kappa shape index (κ3) is 7.59. The van der Waals surface area contributed by atoms with Crippen LogP contribution in [0.4, 0.5) is 4.79 Å². The molecular formula is C42H48N8O5S. The molecule has 292 valence electrons. The average molecular weight is 777 g/mol. The van der Waals surface area contributed by atoms with Gasteiger partial charge in [0.25, 0.3) is 0 Å². The molecule has 1 saturated heterocycles. The molecule has 2 aliphatic carbocycles. The summed E-state index contributed by atoms with van der Waals surface area (Å²) in [4.78, 5) is 61.8. The van der Waals surface area contributed by atoms with Crippen LogP contribution in [0.2, 0.25) is 0 Å². The van der Waals surface area contributed by atoms with Gasteiger partial charge in [0.15, 0.2) is 0 Å². The van der Waals surface area contributed by atoms with Gasteiger partial charge in [-0.1, -0.05) is 48.5 Å². The molecule has 56 heavy (non-hydrogen) atoms. The molecule has 5 aromatic rings. The number of H-pyrrole nitrogens is 2. The van der Waals surface area contributed by atoms with E-state index in [9.17, 15) is 14.4 Å². The summed E-state index contributed by atoms with van der Waals surface area (Å²) in [6.07, 6.45) is 9.97. The quantitative estimate of drug-likeness (QED) is 0.105. The maximum atomic E-state index is 13.6. The minimum atomic E-state index is -0.884. The predicted molar refractivity (Wildman–Crippen MR) is 212 cm³/mol. The first-order valence-electron chi connectivity index (χ1n) is 19.5. The second-order valence-corrected chi connectivity index (χ2v) is 16.1. The molecule has 2 bridgehead atoms. The monoisotopic (exact) mass is 776 g/mol. The number of ether oxygens (including phenoxy) is 2. The molecule has 0 spiro atoms. The van der Waals surface area contributed by atoms with E-state index in [2.05, 4.69) is 79.1 Å². The molecule has 3 fully saturated rings. The lowest BCUT2D eigenvalue weighted by Crippen LogP contribution is -2.54. The maximum absolute atomic E-state index is 13.6. The van der Waals surface area contributed by atoms with Crippen LogP contribution in [-0.4, -0.2) is 87.2 Å². The zero-order valence-electron chi connectivity index (χ0n) is 31.9. The number of carbonyl (C=O) groups excluding carboxylic acids is 3. The Labute approximate surface area is 330 Å². The molecule has 4 unspecified atom stereocenters. The van der Waals surface area contributed by atoms with E-state index in [4.69, 9.17) is 14.5 Å². The Morgan fingerprint density at radius 1 is 0.875 bits per heavy atom. The molecule has 3 aromatic heterocycles. The number of rotatable bonds is 13. The molecule has 4 heterocycles. The third-order valence-electron chi connectivity index (χ3n) is 12.0. The topological polar surface area (TPSA) is 167 Å². The highest BCUT2D eigenvalue weighted by atomic mass is 32.1. The number of carbonyl (C=O) groups is 3. The van der Waals surface area contributed by atoms with Crippen LogP contribution in [0, 0.1) is 17.8 Å². The molecule has 8 rings (SSSR count). The molecule has 3 amide bonds. The minimum Gasteiger partial charge on any atom is -0.453 e. The lowest BCUT2D eigenvalue weighted by Gasteiger charge is -2.30. The molecule has 3 aliphatic rings. The summed E-state index contributed by atoms with van der Waals surface area (Å²) in [5.74, 6) is 2.48. The molecule has 2 saturated carbocycles. The first-order valence-corrected chi connectivity index (χ1v) is 20.3. The molecule has 13 nitrogen and oxygen atoms in total. The lowest BCUT2D eigenvalue weighted by molar-refractivity contribution is -0.137. The number of hydrogen-bond acceptors (Lipinski definition) is 9. The van der Waals surface area contributed by atoms with Crippen LogP contribution in [0.5, 0.6) is 0 Å². The van der Waals surface area contributed by atoms with Crippen LogP contribution in [0.3, 0.4) is 0 Å². The van der Waals surface area contributed by atoms with E-state index in [0.717, 1.165) is 83.0 Å². The molecular weight excluding hydrogens is 729 g/mol. The van der Waals surface area contributed by atoms with Gasteiger partial charge in [-0.25, -0.2) is 19.7 Å². The van der Waals surface area contributed by atoms with Crippen LogP contribution >= 0.6 is 11.3 Å². The van der Waals surface area contributed by atoms with Gasteiger partial charge >= 0.3 is 6.09 Å². The van der Waals surface area contributed by atoms with Gasteiger partial charge in [-0.2, -0.15) is 0 Å². The van der Waals surface area contributed by atoms with Crippen LogP contribution in [0.15, 0.2) is 72.5 Å². The fraction of sp³-hybridized carbons (Fsp3) is 0.429. The summed E-state index contributed by atoms with van der Waals surface area (Å²) in [7, 11) is 2.77. The van der Waals surface area contributed by atoms with Crippen molar-refractivity contribution in [1.82, 2.24) is 40.5 Å². The van der Waals surface area contributed by atoms with Crippen molar-refractivity contribution >= 4 is 29.2 Å². The number of amides is 3. The number of aromatic nitrogens is 5. The Morgan fingerprint density at radius 3 is 2.16 bits per heavy atom. The number of alkyl carbamates (subject to hydrolysis) is 1. The van der Waals surface area contributed by atoms with E-state index in [-0.39, 0.29) is 29.7 Å². The normalized spacial score (nSPS) is 22.6. The van der Waals surface area contributed by atoms with Gasteiger partial charge in [0, 0.05) is 44.1 Å². The van der Waals surface area contributed by atoms with Gasteiger partial charge in [-0.15, -0.1) is 11.3 Å². The standard InChI is InChI=1S/C42H48N8O5S/c1-24(54-2)37(49-42(53)55-3)41(52)50-19-4-5-33(50)38-45-22-31(47-38)27-10-6-25(7-11-27)26-8-12-28(13-9-26)32-23-46-39(48-32)35-29-14-15-30(21-29)36(35)40(51)44-17-16-34-43-18-20-56-34/h6-13,18,20,22-24,29-30,33,35-37H,4-5,14-17,19,21H2,1-3H3,(H,44,51)(H,45,47)(H,46,48)(H,49,53)/t24-,29?,30?,33+,35?,36?,37+/m1/s1. The van der Waals surface area contributed by atoms with Crippen molar-refractivity contribution in [2.45, 2.75) is 69.6 Å². The van der Waals surface area contributed by atoms with Gasteiger partial charge in [0.2, 0.25) is 11.8 Å². The highest BCUT2D eigenvalue weighted by Crippen LogP contribution is 2.56. The zero-order chi connectivity index (χ0) is 38.8. The van der Waals surface area contributed by atoms with E-state index >= 15 is 0 Å². The number of likely N-dealkylation sites (tertiary alicyclic amines) is 1. The Bertz CT molecular complexity index is 2130. The molecule has 7 atom stereocenters. The number of aromatic amines is 2. The molecule has 14 heteroatoms. The van der Waals surface area contributed by atoms with E-state index in [1.54, 1.807) is 35.6 Å². The van der Waals surface area contributed by atoms with Crippen molar-refractivity contribution in [3.63, 3.8) is 0 Å². The van der Waals surface area contributed by atoms with Crippen LogP contribution in [0.25, 0.3) is 33.6 Å². The number of benzene rings is 2. The number of fused-ring (bicyclic) bond motifs is 2. The number of methoxy groups -OCH3 is 2. The number of nitrogens with zero attached hydrogens (tertiary/aromatic N) is 4. The van der Waals surface area contributed by atoms with Crippen LogP contribution in [0.1, 0.15) is 67.6 Å². The Morgan fingerprint density at radius 2 is 1.52 bits per heavy atom. The summed E-state index contributed by atoms with van der Waals surface area (Å²) in [6.45, 7) is 2.90. The molecule has 4 N–H and O–H groups in total. The molecule has 1 aliphatic heterocycles. The molecule has 2 aromatic carbocycles. The average Bonchev–Trinajstić information content (AvgIpc) is 4.09. The number of imidazole rings is 2. The highest BCUT2D eigenvalue weighted by molar-refractivity contribution is 7.09. The first-order chi connectivity index (χ1) is 27.3. The number of hydrogen-bond donors (Lipinski definition) is 4. The predicted octanol–water partition coefficient (Wildman–Crippen LogP) is 6.50. The van der Waals surface area contributed by atoms with Crippen molar-refractivity contribution < 1.29 is 23.9 Å². The van der Waals surface area contributed by atoms with Gasteiger partial charge in [-0.05, 0) is 73.1 Å². The van der Waals surface area contributed by atoms with E-state index in [0.29, 0.717) is 30.7 Å². The smallest absolute Gasteiger partial charge is 0.407 e. The molecule has 0 radical (unpaired) electrons. The van der Waals surface area contributed by atoms with Gasteiger partial charge in [0.05, 0.1) is 54.0 Å². The van der Waals surface area contributed by atoms with Gasteiger partial charge < -0.3 is 35.0 Å². The fourth-order valence-electron chi connectivity index (χ4n) is 9.03. The highest BCUT2D eigenvalue weighted by Gasteiger charge is 2.52. The van der Waals surface area contributed by atoms with Gasteiger partial charge in [0.1, 0.15) is 17.7 Å². The van der Waals surface area contributed by atoms with E-state index < -0.39 is 18.2 Å². The van der Waals surface area contributed by atoms with Gasteiger partial charge in [-0.3, -0.25) is 9.59 Å². The number of nitrogens with one attached hydrogen (secondary N) is 4. The summed E-state index contributed by atoms with van der Waals surface area (Å²) >= 11 is 1.62. The first kappa shape index (κ1) is 37.6. The Kier molecular flexibility index (Phi) is 11.0. The fourth-order valence-corrected chi connectivity index (χ4v) is 9.65. The second kappa shape index (κ2) is 16.4. The summed E-state index contributed by atoms with van der Waals surface area (Å²) in [5.41, 5.74) is 6.01. The summed E-state index contributed by atoms with van der Waals surface area (Å²) in [5, 5.41) is 8.84. The van der Waals surface area contributed by atoms with Crippen LogP contribution < -0.4 is 10.6 Å². The van der Waals surface area contributed by atoms with Crippen molar-refractivity contribution in [3.05, 3.63) is 89.2 Å². The van der Waals surface area contributed by atoms with Crippen molar-refractivity contribution in [3.8, 4) is 33.6 Å². The van der Waals surface area contributed by atoms with E-state index in [1.165, 1.54) is 14.2 Å². The second-order valence-electron chi connectivity index (χ2n) is 15.1. The minimum absolute atomic E-state index is 0.0519. The Balaban J connectivity index is 0.910. The third-order valence-corrected chi connectivity index (χ3v) is 12.8. The Hall–Kier alpha value is -5.34. The number of thiazole rings is 1. The van der Waals surface area contributed by atoms with Crippen molar-refractivity contribution in [1.29, 1.82) is 0 Å². The SMILES string of the molecule is COC(=O)N[C@H](C(=O)N1CCC[C@H]1c1ncc(-c2ccc(-c3ccc(-c4cnc(C5C6CCC(C6)C5C(=O)NCCc5nccs5)[nH]4)cc3)cc2)[nH]1)[C@@H](C)OC. The van der Waals surface area contributed by atoms with Crippen molar-refractivity contribution in [2.24, 2.45) is 17.8 Å². The van der Waals surface area contributed by atoms with Crippen molar-refractivity contribution in [2.75, 3.05) is 27.3 Å². The summed E-state index contributed by atoms with van der Waals surface area (Å²) in [6, 6.07) is 15.6. The maximum Gasteiger partial charge on any atom is 0.407 e. The lowest BCUT2D eigenvalue weighted by atomic mass is 9.78. The largest absolute Gasteiger partial charge is 0.453 e. The van der Waals surface area contributed by atoms with E-state index in [1.807, 2.05) is 11.6 Å². The summed E-state index contributed by atoms with van der Waals surface area (Å²) < 4.78 is 10.2. The zero-order valence-corrected chi connectivity index (χ0v) is 32.7. The van der Waals surface area contributed by atoms with Crippen LogP contribution in [-0.2, 0) is 25.5 Å².